The molecular weight excluding hydrogens is 252 g/mol. The van der Waals surface area contributed by atoms with Gasteiger partial charge in [-0.15, -0.1) is 0 Å². The average Bonchev–Trinajstić information content (AvgIpc) is 2.46. The summed E-state index contributed by atoms with van der Waals surface area (Å²) in [6, 6.07) is 11.3. The largest absolute Gasteiger partial charge is 0.492 e. The van der Waals surface area contributed by atoms with Crippen molar-refractivity contribution >= 4 is 16.7 Å². The summed E-state index contributed by atoms with van der Waals surface area (Å²) in [5.74, 6) is 0.264. The van der Waals surface area contributed by atoms with Crippen LogP contribution in [0.1, 0.15) is 23.7 Å². The highest BCUT2D eigenvalue weighted by Gasteiger charge is 2.08. The van der Waals surface area contributed by atoms with E-state index < -0.39 is 5.91 Å². The predicted octanol–water partition coefficient (Wildman–Crippen LogP) is 2.32. The summed E-state index contributed by atoms with van der Waals surface area (Å²) in [6.45, 7) is 4.44. The van der Waals surface area contributed by atoms with Crippen LogP contribution in [0.3, 0.4) is 0 Å². The molecule has 0 aliphatic heterocycles. The zero-order valence-corrected chi connectivity index (χ0v) is 11.7. The molecule has 4 heteroatoms. The van der Waals surface area contributed by atoms with E-state index in [1.165, 1.54) is 0 Å². The Balaban J connectivity index is 2.19. The molecule has 106 valence electrons. The fourth-order valence-electron chi connectivity index (χ4n) is 2.07. The number of hydrogen-bond donors (Lipinski definition) is 2. The minimum atomic E-state index is -0.440. The second-order valence-electron chi connectivity index (χ2n) is 4.66. The number of carbonyl (C=O) groups excluding carboxylic acids is 1. The highest BCUT2D eigenvalue weighted by molar-refractivity contribution is 6.00. The minimum absolute atomic E-state index is 0.440. The maximum Gasteiger partial charge on any atom is 0.248 e. The number of ether oxygens (including phenoxy) is 1. The first-order valence-electron chi connectivity index (χ1n) is 6.88. The predicted molar refractivity (Wildman–Crippen MR) is 81.1 cm³/mol. The number of nitrogens with one attached hydrogen (secondary N) is 1. The van der Waals surface area contributed by atoms with E-state index in [-0.39, 0.29) is 0 Å². The van der Waals surface area contributed by atoms with Gasteiger partial charge in [-0.05, 0) is 30.5 Å². The molecule has 1 amide bonds. The third kappa shape index (κ3) is 3.48. The third-order valence-electron chi connectivity index (χ3n) is 3.07. The molecule has 0 saturated heterocycles. The van der Waals surface area contributed by atoms with Crippen LogP contribution in [0, 0.1) is 0 Å². The molecule has 0 fully saturated rings. The topological polar surface area (TPSA) is 64.3 Å². The highest BCUT2D eigenvalue weighted by Crippen LogP contribution is 2.27. The van der Waals surface area contributed by atoms with Crippen molar-refractivity contribution < 1.29 is 9.53 Å². The fraction of sp³-hybridized carbons (Fsp3) is 0.312. The van der Waals surface area contributed by atoms with Crippen molar-refractivity contribution in [3.63, 3.8) is 0 Å². The Kier molecular flexibility index (Phi) is 4.96. The number of hydrogen-bond acceptors (Lipinski definition) is 3. The summed E-state index contributed by atoms with van der Waals surface area (Å²) in [5, 5.41) is 5.23. The van der Waals surface area contributed by atoms with Crippen molar-refractivity contribution in [2.24, 2.45) is 5.73 Å². The van der Waals surface area contributed by atoms with Crippen LogP contribution in [-0.4, -0.2) is 25.6 Å². The summed E-state index contributed by atoms with van der Waals surface area (Å²) in [6.07, 6.45) is 1.10. The molecule has 2 aromatic rings. The van der Waals surface area contributed by atoms with E-state index >= 15 is 0 Å². The van der Waals surface area contributed by atoms with Gasteiger partial charge in [0.1, 0.15) is 12.4 Å². The van der Waals surface area contributed by atoms with Crippen LogP contribution in [0.4, 0.5) is 0 Å². The second-order valence-corrected chi connectivity index (χ2v) is 4.66. The zero-order valence-electron chi connectivity index (χ0n) is 11.7. The second kappa shape index (κ2) is 6.91. The van der Waals surface area contributed by atoms with E-state index in [1.807, 2.05) is 24.3 Å². The van der Waals surface area contributed by atoms with Gasteiger partial charge < -0.3 is 15.8 Å². The molecule has 0 aliphatic carbocycles. The lowest BCUT2D eigenvalue weighted by atomic mass is 10.1. The SMILES string of the molecule is CCCNCCOc1cc(C(N)=O)cc2ccccc12. The maximum atomic E-state index is 11.4. The van der Waals surface area contributed by atoms with Gasteiger partial charge in [-0.25, -0.2) is 0 Å². The standard InChI is InChI=1S/C16H20N2O2/c1-2-7-18-8-9-20-15-11-13(16(17)19)10-12-5-3-4-6-14(12)15/h3-6,10-11,18H,2,7-9H2,1H3,(H2,17,19). The Labute approximate surface area is 118 Å². The van der Waals surface area contributed by atoms with Crippen molar-refractivity contribution in [3.05, 3.63) is 42.0 Å². The summed E-state index contributed by atoms with van der Waals surface area (Å²) in [5.41, 5.74) is 5.83. The molecule has 4 nitrogen and oxygen atoms in total. The van der Waals surface area contributed by atoms with E-state index in [0.717, 1.165) is 30.3 Å². The molecule has 0 radical (unpaired) electrons. The Morgan fingerprint density at radius 2 is 2.05 bits per heavy atom. The zero-order chi connectivity index (χ0) is 14.4. The Bertz CT molecular complexity index is 596. The van der Waals surface area contributed by atoms with Crippen molar-refractivity contribution in [1.82, 2.24) is 5.32 Å². The van der Waals surface area contributed by atoms with E-state index in [1.54, 1.807) is 12.1 Å². The number of primary amides is 1. The lowest BCUT2D eigenvalue weighted by Gasteiger charge is -2.11. The molecule has 0 spiro atoms. The summed E-state index contributed by atoms with van der Waals surface area (Å²) in [7, 11) is 0. The smallest absolute Gasteiger partial charge is 0.248 e. The number of benzene rings is 2. The third-order valence-corrected chi connectivity index (χ3v) is 3.07. The molecule has 2 aromatic carbocycles. The van der Waals surface area contributed by atoms with Crippen LogP contribution in [-0.2, 0) is 0 Å². The number of carbonyl (C=O) groups is 1. The van der Waals surface area contributed by atoms with E-state index in [4.69, 9.17) is 10.5 Å². The first-order chi connectivity index (χ1) is 9.72. The Morgan fingerprint density at radius 3 is 2.80 bits per heavy atom. The van der Waals surface area contributed by atoms with E-state index in [0.29, 0.717) is 17.9 Å². The molecule has 3 N–H and O–H groups in total. The van der Waals surface area contributed by atoms with Crippen LogP contribution >= 0.6 is 0 Å². The van der Waals surface area contributed by atoms with Crippen molar-refractivity contribution in [1.29, 1.82) is 0 Å². The number of nitrogens with two attached hydrogens (primary N) is 1. The molecule has 0 saturated carbocycles. The van der Waals surface area contributed by atoms with Crippen molar-refractivity contribution in [2.45, 2.75) is 13.3 Å². The van der Waals surface area contributed by atoms with Gasteiger partial charge in [0, 0.05) is 17.5 Å². The van der Waals surface area contributed by atoms with Gasteiger partial charge in [-0.2, -0.15) is 0 Å². The molecule has 0 atom stereocenters. The molecule has 0 aromatic heterocycles. The van der Waals surface area contributed by atoms with E-state index in [2.05, 4.69) is 12.2 Å². The van der Waals surface area contributed by atoms with Crippen LogP contribution in [0.2, 0.25) is 0 Å². The highest BCUT2D eigenvalue weighted by atomic mass is 16.5. The van der Waals surface area contributed by atoms with Crippen LogP contribution in [0.5, 0.6) is 5.75 Å². The quantitative estimate of drug-likeness (QED) is 0.760. The maximum absolute atomic E-state index is 11.4. The fourth-order valence-corrected chi connectivity index (χ4v) is 2.07. The van der Waals surface area contributed by atoms with Crippen molar-refractivity contribution in [3.8, 4) is 5.75 Å². The Hall–Kier alpha value is -2.07. The Morgan fingerprint density at radius 1 is 1.25 bits per heavy atom. The summed E-state index contributed by atoms with van der Waals surface area (Å²) in [4.78, 5) is 11.4. The van der Waals surface area contributed by atoms with Crippen LogP contribution < -0.4 is 15.8 Å². The number of amides is 1. The molecule has 2 rings (SSSR count). The summed E-state index contributed by atoms with van der Waals surface area (Å²) < 4.78 is 5.79. The first-order valence-corrected chi connectivity index (χ1v) is 6.88. The first kappa shape index (κ1) is 14.3. The van der Waals surface area contributed by atoms with Crippen LogP contribution in [0.25, 0.3) is 10.8 Å². The van der Waals surface area contributed by atoms with Gasteiger partial charge in [-0.3, -0.25) is 4.79 Å². The normalized spacial score (nSPS) is 10.7. The van der Waals surface area contributed by atoms with Gasteiger partial charge in [-0.1, -0.05) is 31.2 Å². The minimum Gasteiger partial charge on any atom is -0.492 e. The van der Waals surface area contributed by atoms with Gasteiger partial charge in [0.05, 0.1) is 0 Å². The molecule has 0 aliphatic rings. The van der Waals surface area contributed by atoms with Gasteiger partial charge in [0.25, 0.3) is 0 Å². The summed E-state index contributed by atoms with van der Waals surface area (Å²) >= 11 is 0. The average molecular weight is 272 g/mol. The van der Waals surface area contributed by atoms with Gasteiger partial charge in [0.15, 0.2) is 0 Å². The monoisotopic (exact) mass is 272 g/mol. The van der Waals surface area contributed by atoms with Gasteiger partial charge >= 0.3 is 0 Å². The molecule has 20 heavy (non-hydrogen) atoms. The van der Waals surface area contributed by atoms with Gasteiger partial charge in [0.2, 0.25) is 5.91 Å². The lowest BCUT2D eigenvalue weighted by Crippen LogP contribution is -2.21. The molecule has 0 bridgehead atoms. The number of rotatable bonds is 7. The molecular formula is C16H20N2O2. The molecule has 0 unspecified atom stereocenters. The number of fused-ring (bicyclic) bond motifs is 1. The lowest BCUT2D eigenvalue weighted by molar-refractivity contribution is 0.1000. The van der Waals surface area contributed by atoms with Crippen molar-refractivity contribution in [2.75, 3.05) is 19.7 Å². The molecule has 0 heterocycles. The van der Waals surface area contributed by atoms with Crippen LogP contribution in [0.15, 0.2) is 36.4 Å². The van der Waals surface area contributed by atoms with E-state index in [9.17, 15) is 4.79 Å².